The number of hydrogen-bond donors (Lipinski definition) is 1. The van der Waals surface area contributed by atoms with Gasteiger partial charge in [-0.15, -0.1) is 11.8 Å². The molecule has 0 spiro atoms. The number of hydrogen-bond acceptors (Lipinski definition) is 9. The number of carbonyl (C=O) groups excluding carboxylic acids is 2. The van der Waals surface area contributed by atoms with Crippen LogP contribution in [0.3, 0.4) is 0 Å². The molecular weight excluding hydrogens is 1370 g/mol. The molecule has 11 heteroatoms. The highest BCUT2D eigenvalue weighted by Gasteiger charge is 2.40. The van der Waals surface area contributed by atoms with Gasteiger partial charge >= 0.3 is 6.09 Å². The minimum Gasteiger partial charge on any atom is -0.497 e. The Balaban J connectivity index is 0.974. The minimum absolute atomic E-state index is 0.0821. The number of rotatable bonds is 61. The third kappa shape index (κ3) is 30.3. The van der Waals surface area contributed by atoms with E-state index in [1.807, 2.05) is 71.6 Å². The van der Waals surface area contributed by atoms with Gasteiger partial charge in [0.15, 0.2) is 0 Å². The Labute approximate surface area is 664 Å². The summed E-state index contributed by atoms with van der Waals surface area (Å²) in [6.07, 6.45) is 52.6. The van der Waals surface area contributed by atoms with Gasteiger partial charge < -0.3 is 38.6 Å². The third-order valence-corrected chi connectivity index (χ3v) is 24.0. The molecule has 0 radical (unpaired) electrons. The van der Waals surface area contributed by atoms with Crippen LogP contribution in [0.1, 0.15) is 316 Å². The van der Waals surface area contributed by atoms with Crippen LogP contribution < -0.4 is 29.0 Å². The number of benzene rings is 7. The van der Waals surface area contributed by atoms with Gasteiger partial charge in [-0.3, -0.25) is 4.79 Å². The fraction of sp³-hybridized carbons (Fsp3) is 0.551. The monoisotopic (exact) mass is 1500 g/mol. The van der Waals surface area contributed by atoms with Gasteiger partial charge in [-0.05, 0) is 88.2 Å². The Kier molecular flexibility index (Phi) is 42.2. The second kappa shape index (κ2) is 52.7. The lowest BCUT2D eigenvalue weighted by atomic mass is 9.84. The summed E-state index contributed by atoms with van der Waals surface area (Å²) < 4.78 is 36.5. The van der Waals surface area contributed by atoms with Crippen LogP contribution in [0.25, 0.3) is 11.1 Å². The summed E-state index contributed by atoms with van der Waals surface area (Å²) in [4.78, 5) is 33.4. The van der Waals surface area contributed by atoms with Crippen molar-refractivity contribution in [2.75, 3.05) is 46.9 Å². The molecule has 594 valence electrons. The van der Waals surface area contributed by atoms with Crippen molar-refractivity contribution in [3.8, 4) is 39.9 Å². The summed E-state index contributed by atoms with van der Waals surface area (Å²) in [5, 5.41) is 3.22. The van der Waals surface area contributed by atoms with Crippen molar-refractivity contribution in [3.05, 3.63) is 209 Å². The maximum atomic E-state index is 16.5. The van der Waals surface area contributed by atoms with E-state index in [0.717, 1.165) is 87.3 Å². The van der Waals surface area contributed by atoms with Crippen molar-refractivity contribution in [2.24, 2.45) is 0 Å². The Morgan fingerprint density at radius 3 is 1.17 bits per heavy atom. The molecule has 1 atom stereocenters. The molecule has 109 heavy (non-hydrogen) atoms. The van der Waals surface area contributed by atoms with Crippen LogP contribution in [-0.4, -0.2) is 69.8 Å². The first-order chi connectivity index (χ1) is 53.8. The zero-order valence-corrected chi connectivity index (χ0v) is 68.8. The van der Waals surface area contributed by atoms with Crippen LogP contribution in [0.2, 0.25) is 0 Å². The van der Waals surface area contributed by atoms with E-state index >= 15 is 4.79 Å². The smallest absolute Gasteiger partial charge is 0.407 e. The van der Waals surface area contributed by atoms with E-state index in [-0.39, 0.29) is 37.3 Å². The van der Waals surface area contributed by atoms with Crippen LogP contribution in [0.15, 0.2) is 170 Å². The number of ether oxygens (including phenoxy) is 6. The minimum atomic E-state index is -1.11. The number of carbonyl (C=O) groups is 2. The zero-order chi connectivity index (χ0) is 76.5. The van der Waals surface area contributed by atoms with Crippen LogP contribution in [-0.2, 0) is 27.4 Å². The van der Waals surface area contributed by atoms with Crippen molar-refractivity contribution in [1.29, 1.82) is 0 Å². The van der Waals surface area contributed by atoms with Gasteiger partial charge in [-0.2, -0.15) is 0 Å². The number of methoxy groups -OCH3 is 3. The Hall–Kier alpha value is -7.37. The third-order valence-electron chi connectivity index (χ3n) is 22.3. The lowest BCUT2D eigenvalue weighted by Gasteiger charge is -2.37. The molecule has 0 saturated carbocycles. The number of alkyl carbamates (subject to hydrolysis) is 1. The lowest BCUT2D eigenvalue weighted by molar-refractivity contribution is -0.134. The summed E-state index contributed by atoms with van der Waals surface area (Å²) in [6, 6.07) is 56.4. The van der Waals surface area contributed by atoms with Gasteiger partial charge in [-0.1, -0.05) is 379 Å². The average Bonchev–Trinajstić information content (AvgIpc) is 1.63. The van der Waals surface area contributed by atoms with E-state index in [1.165, 1.54) is 231 Å². The molecule has 0 saturated heterocycles. The standard InChI is InChI=1S/C98H138N2O8S/c1-6-8-10-12-14-16-18-20-22-24-26-28-30-32-34-36-38-40-42-54-72-106-87-69-65-81(95(75-87)107-73-55-43-41-39-37-35-33-31-29-27-25-23-21-19-17-15-13-11-9-7-2)77-100(76-80-64-68-86(104-4)74-94(80)105-5)96(101)93(99-97(102)108-78-92-90-62-52-50-60-88(90)89-61-51-53-63-91(89)92)79-109-98(82-56-46-44-47-57-82,83-58-48-45-49-59-83)84-66-70-85(103-3)71-67-84/h44-53,56-71,74-75,92-93H,6-43,54-55,72-73,76-79H2,1-5H3,(H,99,102)/t93-/m0/s1. The number of fused-ring (bicyclic) bond motifs is 3. The molecule has 7 aromatic rings. The van der Waals surface area contributed by atoms with Crippen LogP contribution in [0.5, 0.6) is 28.7 Å². The van der Waals surface area contributed by atoms with Crippen LogP contribution in [0.4, 0.5) is 4.79 Å². The van der Waals surface area contributed by atoms with E-state index in [0.29, 0.717) is 30.5 Å². The van der Waals surface area contributed by atoms with E-state index in [4.69, 9.17) is 28.4 Å². The fourth-order valence-electron chi connectivity index (χ4n) is 15.9. The largest absolute Gasteiger partial charge is 0.497 e. The Morgan fingerprint density at radius 2 is 0.743 bits per heavy atom. The van der Waals surface area contributed by atoms with Crippen LogP contribution >= 0.6 is 11.8 Å². The highest BCUT2D eigenvalue weighted by molar-refractivity contribution is 8.00. The van der Waals surface area contributed by atoms with Gasteiger partial charge in [0, 0.05) is 48.0 Å². The van der Waals surface area contributed by atoms with Gasteiger partial charge in [-0.25, -0.2) is 4.79 Å². The van der Waals surface area contributed by atoms with Crippen molar-refractivity contribution >= 4 is 23.8 Å². The highest BCUT2D eigenvalue weighted by Crippen LogP contribution is 2.50. The predicted molar refractivity (Wildman–Crippen MR) is 457 cm³/mol. The van der Waals surface area contributed by atoms with E-state index in [9.17, 15) is 4.79 Å². The normalized spacial score (nSPS) is 12.2. The highest BCUT2D eigenvalue weighted by atomic mass is 32.2. The second-order valence-electron chi connectivity index (χ2n) is 30.7. The second-order valence-corrected chi connectivity index (χ2v) is 32.0. The summed E-state index contributed by atoms with van der Waals surface area (Å²) in [5.41, 5.74) is 9.07. The summed E-state index contributed by atoms with van der Waals surface area (Å²) >= 11 is 1.60. The number of unbranched alkanes of at least 4 members (excludes halogenated alkanes) is 38. The topological polar surface area (TPSA) is 105 Å². The molecule has 1 N–H and O–H groups in total. The van der Waals surface area contributed by atoms with Gasteiger partial charge in [0.1, 0.15) is 41.4 Å². The molecule has 0 aliphatic heterocycles. The Morgan fingerprint density at radius 1 is 0.385 bits per heavy atom. The van der Waals surface area contributed by atoms with Crippen molar-refractivity contribution < 1.29 is 38.0 Å². The van der Waals surface area contributed by atoms with E-state index < -0.39 is 16.9 Å². The first-order valence-corrected chi connectivity index (χ1v) is 44.2. The molecule has 1 aliphatic rings. The molecule has 7 aromatic carbocycles. The van der Waals surface area contributed by atoms with Crippen molar-refractivity contribution in [1.82, 2.24) is 10.2 Å². The average molecular weight is 1500 g/mol. The maximum absolute atomic E-state index is 16.5. The number of thioether (sulfide) groups is 1. The molecule has 2 amide bonds. The first kappa shape index (κ1) is 87.2. The molecule has 10 nitrogen and oxygen atoms in total. The van der Waals surface area contributed by atoms with E-state index in [1.54, 1.807) is 33.1 Å². The first-order valence-electron chi connectivity index (χ1n) is 43.2. The molecule has 8 rings (SSSR count). The summed E-state index contributed by atoms with van der Waals surface area (Å²) in [7, 11) is 4.95. The maximum Gasteiger partial charge on any atom is 0.407 e. The number of nitrogens with zero attached hydrogens (tertiary/aromatic N) is 1. The molecule has 1 aliphatic carbocycles. The molecule has 0 aromatic heterocycles. The molecule has 0 fully saturated rings. The molecule has 0 bridgehead atoms. The quantitative estimate of drug-likeness (QED) is 0.0295. The SMILES string of the molecule is CCCCCCCCCCCCCCCCCCCCCCOc1ccc(CN(Cc2ccc(OC)cc2OC)C(=O)[C@H](CSC(c2ccccc2)(c2ccccc2)c2ccc(OC)cc2)NC(=O)OCC2c3ccccc3-c3ccccc32)c(OCCCCCCCCCCCCCCCCCCCCCC)c1. The summed E-state index contributed by atoms with van der Waals surface area (Å²) in [6.45, 7) is 6.11. The van der Waals surface area contributed by atoms with E-state index in [2.05, 4.69) is 122 Å². The number of nitrogens with one attached hydrogen (secondary N) is 1. The van der Waals surface area contributed by atoms with Crippen LogP contribution in [0, 0.1) is 0 Å². The molecule has 0 heterocycles. The summed E-state index contributed by atoms with van der Waals surface area (Å²) in [5.74, 6) is 3.02. The zero-order valence-electron chi connectivity index (χ0n) is 68.0. The molecular formula is C98H138N2O8S. The lowest BCUT2D eigenvalue weighted by Crippen LogP contribution is -2.50. The van der Waals surface area contributed by atoms with Gasteiger partial charge in [0.05, 0.1) is 39.3 Å². The Bertz CT molecular complexity index is 3480. The van der Waals surface area contributed by atoms with Crippen molar-refractivity contribution in [3.63, 3.8) is 0 Å². The predicted octanol–water partition coefficient (Wildman–Crippen LogP) is 27.3. The fourth-order valence-corrected chi connectivity index (χ4v) is 17.4. The van der Waals surface area contributed by atoms with Crippen molar-refractivity contribution in [2.45, 2.75) is 300 Å². The number of amides is 2. The molecule has 0 unspecified atom stereocenters. The van der Waals surface area contributed by atoms with Gasteiger partial charge in [0.2, 0.25) is 5.91 Å². The van der Waals surface area contributed by atoms with Gasteiger partial charge in [0.25, 0.3) is 0 Å².